The van der Waals surface area contributed by atoms with Gasteiger partial charge in [0.15, 0.2) is 5.78 Å². The van der Waals surface area contributed by atoms with Gasteiger partial charge in [-0.05, 0) is 52.8 Å². The number of amides is 2. The summed E-state index contributed by atoms with van der Waals surface area (Å²) in [5, 5.41) is 17.7. The molecule has 0 radical (unpaired) electrons. The second-order valence-corrected chi connectivity index (χ2v) is 9.60. The minimum absolute atomic E-state index is 0.120. The minimum Gasteiger partial charge on any atom is -0.497 e. The average molecular weight is 514 g/mol. The van der Waals surface area contributed by atoms with Gasteiger partial charge in [0.25, 0.3) is 0 Å². The maximum absolute atomic E-state index is 11.9. The number of ether oxygens (including phenoxy) is 2. The fourth-order valence-electron chi connectivity index (χ4n) is 3.38. The normalized spacial score (nSPS) is 23.4. The smallest absolute Gasteiger partial charge is 0.240 e. The van der Waals surface area contributed by atoms with Crippen molar-refractivity contribution in [3.63, 3.8) is 0 Å². The summed E-state index contributed by atoms with van der Waals surface area (Å²) < 4.78 is 9.94. The van der Waals surface area contributed by atoms with E-state index in [1.54, 1.807) is 21.0 Å². The monoisotopic (exact) mass is 513 g/mol. The maximum atomic E-state index is 11.9. The van der Waals surface area contributed by atoms with Crippen molar-refractivity contribution < 1.29 is 29.0 Å². The van der Waals surface area contributed by atoms with E-state index in [2.05, 4.69) is 41.9 Å². The Bertz CT molecular complexity index is 1020. The Balaban J connectivity index is 0.000000244. The molecule has 2 aliphatic heterocycles. The molecule has 3 atom stereocenters. The van der Waals surface area contributed by atoms with E-state index < -0.39 is 29.1 Å². The predicted octanol–water partition coefficient (Wildman–Crippen LogP) is 1.69. The van der Waals surface area contributed by atoms with Crippen LogP contribution in [0.1, 0.15) is 31.4 Å². The lowest BCUT2D eigenvalue weighted by Crippen LogP contribution is -2.53. The molecule has 0 aliphatic carbocycles. The van der Waals surface area contributed by atoms with E-state index in [1.165, 1.54) is 11.1 Å². The number of carbonyl (C=O) groups excluding carboxylic acids is 3. The van der Waals surface area contributed by atoms with Crippen LogP contribution in [0.4, 0.5) is 0 Å². The summed E-state index contributed by atoms with van der Waals surface area (Å²) in [6, 6.07) is 17.5. The zero-order chi connectivity index (χ0) is 27.5. The van der Waals surface area contributed by atoms with Crippen molar-refractivity contribution in [1.29, 1.82) is 0 Å². The van der Waals surface area contributed by atoms with Gasteiger partial charge in [0.1, 0.15) is 17.4 Å². The summed E-state index contributed by atoms with van der Waals surface area (Å²) in [5.41, 5.74) is 0.704. The number of hydrogen-bond acceptors (Lipinski definition) is 7. The van der Waals surface area contributed by atoms with E-state index in [4.69, 9.17) is 9.47 Å². The Morgan fingerprint density at radius 1 is 1.00 bits per heavy atom. The molecule has 37 heavy (non-hydrogen) atoms. The molecule has 0 aromatic heterocycles. The van der Waals surface area contributed by atoms with Gasteiger partial charge in [0.2, 0.25) is 11.8 Å². The van der Waals surface area contributed by atoms with Crippen molar-refractivity contribution in [2.45, 2.75) is 51.4 Å². The maximum Gasteiger partial charge on any atom is 0.240 e. The van der Waals surface area contributed by atoms with Crippen molar-refractivity contribution in [3.05, 3.63) is 65.7 Å². The number of aliphatic hydroxyl groups is 1. The SMILES string of the molecule is COc1ccc(C)cc1.C[C@]1(C(=O)CNC(=O)CNC(=O)C2NCC[C@]2(C)O)CO1.Cc1ccccc1. The lowest BCUT2D eigenvalue weighted by atomic mass is 9.97. The third kappa shape index (κ3) is 10.3. The zero-order valence-electron chi connectivity index (χ0n) is 22.3. The Morgan fingerprint density at radius 3 is 2.05 bits per heavy atom. The lowest BCUT2D eigenvalue weighted by Gasteiger charge is -2.23. The van der Waals surface area contributed by atoms with Crippen LogP contribution in [0.3, 0.4) is 0 Å². The lowest BCUT2D eigenvalue weighted by molar-refractivity contribution is -0.131. The largest absolute Gasteiger partial charge is 0.497 e. The number of methoxy groups -OCH3 is 1. The van der Waals surface area contributed by atoms with E-state index in [0.717, 1.165) is 5.75 Å². The molecule has 2 saturated heterocycles. The van der Waals surface area contributed by atoms with Crippen LogP contribution in [0.2, 0.25) is 0 Å². The quantitative estimate of drug-likeness (QED) is 0.415. The van der Waals surface area contributed by atoms with Crippen LogP contribution in [0.25, 0.3) is 0 Å². The van der Waals surface area contributed by atoms with E-state index in [-0.39, 0.29) is 18.9 Å². The number of Topliss-reactive ketones (excluding diaryl/α,β-unsaturated/α-hetero) is 1. The molecule has 2 fully saturated rings. The Labute approximate surface area is 218 Å². The van der Waals surface area contributed by atoms with Gasteiger partial charge in [-0.2, -0.15) is 0 Å². The van der Waals surface area contributed by atoms with E-state index >= 15 is 0 Å². The third-order valence-corrected chi connectivity index (χ3v) is 6.10. The molecule has 0 saturated carbocycles. The number of ketones is 1. The average Bonchev–Trinajstić information content (AvgIpc) is 3.53. The van der Waals surface area contributed by atoms with Crippen LogP contribution >= 0.6 is 0 Å². The summed E-state index contributed by atoms with van der Waals surface area (Å²) in [6.45, 7) is 7.94. The first-order valence-corrected chi connectivity index (χ1v) is 12.3. The minimum atomic E-state index is -1.12. The molecule has 2 aromatic rings. The van der Waals surface area contributed by atoms with Gasteiger partial charge < -0.3 is 30.5 Å². The molecule has 4 N–H and O–H groups in total. The van der Waals surface area contributed by atoms with Gasteiger partial charge in [-0.15, -0.1) is 0 Å². The molecule has 2 aliphatic rings. The van der Waals surface area contributed by atoms with Crippen molar-refractivity contribution >= 4 is 17.6 Å². The topological polar surface area (TPSA) is 129 Å². The fourth-order valence-corrected chi connectivity index (χ4v) is 3.38. The van der Waals surface area contributed by atoms with Gasteiger partial charge in [0.05, 0.1) is 32.4 Å². The van der Waals surface area contributed by atoms with E-state index in [0.29, 0.717) is 19.6 Å². The number of nitrogens with one attached hydrogen (secondary N) is 3. The van der Waals surface area contributed by atoms with Crippen LogP contribution in [-0.2, 0) is 19.1 Å². The van der Waals surface area contributed by atoms with Gasteiger partial charge in [-0.3, -0.25) is 14.4 Å². The first-order valence-electron chi connectivity index (χ1n) is 12.3. The number of aryl methyl sites for hydroxylation is 2. The summed E-state index contributed by atoms with van der Waals surface area (Å²) in [6.07, 6.45) is 0.477. The van der Waals surface area contributed by atoms with Crippen LogP contribution < -0.4 is 20.7 Å². The molecule has 0 bridgehead atoms. The van der Waals surface area contributed by atoms with Gasteiger partial charge in [-0.25, -0.2) is 0 Å². The molecule has 9 nitrogen and oxygen atoms in total. The van der Waals surface area contributed by atoms with Crippen molar-refractivity contribution in [2.24, 2.45) is 0 Å². The van der Waals surface area contributed by atoms with Gasteiger partial charge in [-0.1, -0.05) is 53.6 Å². The molecule has 2 amide bonds. The molecule has 2 heterocycles. The highest BCUT2D eigenvalue weighted by Crippen LogP contribution is 2.26. The van der Waals surface area contributed by atoms with Crippen LogP contribution in [0.15, 0.2) is 54.6 Å². The standard InChI is InChI=1S/C13H21N3O5.C8H10O.C7H8/c1-12(20)3-4-14-10(12)11(19)16-6-9(18)15-5-8(17)13(2)7-21-13;1-7-3-5-8(9-2)6-4-7;1-7-5-3-2-4-6-7/h10,14,20H,3-7H2,1-2H3,(H,15,18)(H,16,19);3-6H,1-2H3;2-6H,1H3/t10?,12-,13+;;/m0../s1. The Hall–Kier alpha value is -3.27. The Morgan fingerprint density at radius 2 is 1.59 bits per heavy atom. The molecule has 2 aromatic carbocycles. The molecular weight excluding hydrogens is 474 g/mol. The fraction of sp³-hybridized carbons (Fsp3) is 0.464. The summed E-state index contributed by atoms with van der Waals surface area (Å²) >= 11 is 0. The predicted molar refractivity (Wildman–Crippen MR) is 141 cm³/mol. The van der Waals surface area contributed by atoms with Gasteiger partial charge >= 0.3 is 0 Å². The van der Waals surface area contributed by atoms with Crippen LogP contribution in [-0.4, -0.2) is 73.3 Å². The van der Waals surface area contributed by atoms with Crippen LogP contribution in [0.5, 0.6) is 5.75 Å². The highest BCUT2D eigenvalue weighted by atomic mass is 16.6. The number of epoxide rings is 1. The number of benzene rings is 2. The molecular formula is C28H39N3O6. The number of hydrogen-bond donors (Lipinski definition) is 4. The second-order valence-electron chi connectivity index (χ2n) is 9.60. The molecule has 1 unspecified atom stereocenters. The summed E-state index contributed by atoms with van der Waals surface area (Å²) in [7, 11) is 1.67. The molecule has 202 valence electrons. The van der Waals surface area contributed by atoms with Crippen molar-refractivity contribution in [3.8, 4) is 5.75 Å². The molecule has 4 rings (SSSR count). The van der Waals surface area contributed by atoms with E-state index in [1.807, 2.05) is 42.5 Å². The first-order chi connectivity index (χ1) is 17.5. The third-order valence-electron chi connectivity index (χ3n) is 6.10. The van der Waals surface area contributed by atoms with Gasteiger partial charge in [0, 0.05) is 0 Å². The summed E-state index contributed by atoms with van der Waals surface area (Å²) in [4.78, 5) is 35.0. The summed E-state index contributed by atoms with van der Waals surface area (Å²) in [5.74, 6) is -0.168. The molecule has 0 spiro atoms. The number of rotatable bonds is 7. The van der Waals surface area contributed by atoms with Crippen molar-refractivity contribution in [1.82, 2.24) is 16.0 Å². The molecule has 9 heteroatoms. The highest BCUT2D eigenvalue weighted by molar-refractivity contribution is 5.94. The Kier molecular flexibility index (Phi) is 11.2. The second kappa shape index (κ2) is 13.9. The first kappa shape index (κ1) is 30.0. The number of carbonyl (C=O) groups is 3. The van der Waals surface area contributed by atoms with Crippen molar-refractivity contribution in [2.75, 3.05) is 33.4 Å². The zero-order valence-corrected chi connectivity index (χ0v) is 22.3. The highest BCUT2D eigenvalue weighted by Gasteiger charge is 2.46. The van der Waals surface area contributed by atoms with Crippen LogP contribution in [0, 0.1) is 13.8 Å². The van der Waals surface area contributed by atoms with E-state index in [9.17, 15) is 19.5 Å².